The maximum absolute atomic E-state index is 5.49. The Morgan fingerprint density at radius 1 is 0.542 bits per heavy atom. The van der Waals surface area contributed by atoms with Gasteiger partial charge in [-0.15, -0.1) is 0 Å². The second-order valence-electron chi connectivity index (χ2n) is 7.16. The zero-order valence-electron chi connectivity index (χ0n) is 16.6. The highest BCUT2D eigenvalue weighted by molar-refractivity contribution is 7.99. The van der Waals surface area contributed by atoms with Crippen molar-refractivity contribution in [1.29, 1.82) is 0 Å². The Morgan fingerprint density at radius 2 is 0.917 bits per heavy atom. The molecule has 0 heterocycles. The fourth-order valence-electron chi connectivity index (χ4n) is 3.17. The largest absolute Gasteiger partial charge is 0.330 e. The van der Waals surface area contributed by atoms with Crippen molar-refractivity contribution >= 4 is 11.8 Å². The summed E-state index contributed by atoms with van der Waals surface area (Å²) in [5.41, 5.74) is 5.49. The third kappa shape index (κ3) is 22.3. The first-order chi connectivity index (χ1) is 11.9. The monoisotopic (exact) mass is 358 g/mol. The molecule has 0 aliphatic carbocycles. The molecule has 24 heavy (non-hydrogen) atoms. The van der Waals surface area contributed by atoms with Crippen molar-refractivity contribution in [2.24, 2.45) is 5.73 Å². The summed E-state index contributed by atoms with van der Waals surface area (Å²) in [7, 11) is 2.05. The van der Waals surface area contributed by atoms with Gasteiger partial charge >= 0.3 is 0 Å². The van der Waals surface area contributed by atoms with Crippen LogP contribution in [0.2, 0.25) is 0 Å². The first kappa shape index (κ1) is 24.3. The Labute approximate surface area is 157 Å². The van der Waals surface area contributed by atoms with E-state index in [1.165, 1.54) is 115 Å². The van der Waals surface area contributed by atoms with Gasteiger partial charge in [0.05, 0.1) is 0 Å². The Kier molecular flexibility index (Phi) is 23.5. The van der Waals surface area contributed by atoms with E-state index in [9.17, 15) is 0 Å². The quantitative estimate of drug-likeness (QED) is 0.242. The Hall–Kier alpha value is 0.270. The van der Waals surface area contributed by atoms with Gasteiger partial charge in [0.1, 0.15) is 0 Å². The van der Waals surface area contributed by atoms with E-state index in [-0.39, 0.29) is 0 Å². The van der Waals surface area contributed by atoms with Crippen LogP contribution in [-0.2, 0) is 0 Å². The SMILES string of the molecule is CNCCCCCCCCCCCCCCCCCCSCCN. The van der Waals surface area contributed by atoms with E-state index >= 15 is 0 Å². The molecule has 0 aromatic carbocycles. The van der Waals surface area contributed by atoms with Crippen molar-refractivity contribution in [2.45, 2.75) is 103 Å². The van der Waals surface area contributed by atoms with Crippen LogP contribution in [0.3, 0.4) is 0 Å². The fraction of sp³-hybridized carbons (Fsp3) is 1.00. The van der Waals surface area contributed by atoms with Crippen LogP contribution in [0.1, 0.15) is 103 Å². The van der Waals surface area contributed by atoms with E-state index < -0.39 is 0 Å². The summed E-state index contributed by atoms with van der Waals surface area (Å²) >= 11 is 2.01. The highest BCUT2D eigenvalue weighted by atomic mass is 32.2. The third-order valence-electron chi connectivity index (χ3n) is 4.73. The van der Waals surface area contributed by atoms with E-state index in [0.717, 1.165) is 12.3 Å². The molecule has 0 aromatic rings. The lowest BCUT2D eigenvalue weighted by molar-refractivity contribution is 0.528. The molecule has 0 aromatic heterocycles. The van der Waals surface area contributed by atoms with Gasteiger partial charge < -0.3 is 11.1 Å². The molecule has 0 spiro atoms. The lowest BCUT2D eigenvalue weighted by Gasteiger charge is -2.04. The van der Waals surface area contributed by atoms with Crippen molar-refractivity contribution in [3.8, 4) is 0 Å². The summed E-state index contributed by atoms with van der Waals surface area (Å²) in [5, 5.41) is 3.22. The maximum Gasteiger partial charge on any atom is 0.00558 e. The summed E-state index contributed by atoms with van der Waals surface area (Å²) < 4.78 is 0. The molecule has 2 nitrogen and oxygen atoms in total. The van der Waals surface area contributed by atoms with Crippen LogP contribution in [0, 0.1) is 0 Å². The molecule has 0 atom stereocenters. The smallest absolute Gasteiger partial charge is 0.00558 e. The minimum absolute atomic E-state index is 0.835. The van der Waals surface area contributed by atoms with Crippen LogP contribution in [0.4, 0.5) is 0 Å². The van der Waals surface area contributed by atoms with E-state index in [2.05, 4.69) is 5.32 Å². The summed E-state index contributed by atoms with van der Waals surface area (Å²) in [6, 6.07) is 0. The second-order valence-corrected chi connectivity index (χ2v) is 8.39. The molecule has 0 aliphatic heterocycles. The number of hydrogen-bond donors (Lipinski definition) is 2. The topological polar surface area (TPSA) is 38.0 Å². The fourth-order valence-corrected chi connectivity index (χ4v) is 3.95. The summed E-state index contributed by atoms with van der Waals surface area (Å²) in [5.74, 6) is 2.45. The zero-order valence-corrected chi connectivity index (χ0v) is 17.4. The first-order valence-corrected chi connectivity index (χ1v) is 12.0. The Bertz CT molecular complexity index is 190. The van der Waals surface area contributed by atoms with Gasteiger partial charge in [0, 0.05) is 12.3 Å². The van der Waals surface area contributed by atoms with E-state index in [0.29, 0.717) is 0 Å². The van der Waals surface area contributed by atoms with Gasteiger partial charge in [-0.3, -0.25) is 0 Å². The number of nitrogens with one attached hydrogen (secondary N) is 1. The molecule has 0 radical (unpaired) electrons. The molecule has 0 rings (SSSR count). The van der Waals surface area contributed by atoms with Crippen LogP contribution in [-0.4, -0.2) is 31.6 Å². The normalized spacial score (nSPS) is 11.2. The Balaban J connectivity index is 2.93. The highest BCUT2D eigenvalue weighted by Crippen LogP contribution is 2.14. The predicted molar refractivity (Wildman–Crippen MR) is 114 cm³/mol. The minimum Gasteiger partial charge on any atom is -0.330 e. The van der Waals surface area contributed by atoms with Crippen molar-refractivity contribution in [3.05, 3.63) is 0 Å². The van der Waals surface area contributed by atoms with Crippen LogP contribution in [0.5, 0.6) is 0 Å². The summed E-state index contributed by atoms with van der Waals surface area (Å²) in [6.07, 6.45) is 23.1. The molecule has 0 saturated heterocycles. The summed E-state index contributed by atoms with van der Waals surface area (Å²) in [6.45, 7) is 2.02. The van der Waals surface area contributed by atoms with Gasteiger partial charge in [-0.25, -0.2) is 0 Å². The zero-order chi connectivity index (χ0) is 17.6. The van der Waals surface area contributed by atoms with Crippen LogP contribution in [0.15, 0.2) is 0 Å². The van der Waals surface area contributed by atoms with Crippen molar-refractivity contribution in [2.75, 3.05) is 31.6 Å². The van der Waals surface area contributed by atoms with Gasteiger partial charge in [-0.2, -0.15) is 11.8 Å². The predicted octanol–water partition coefficient (Wildman–Crippen LogP) is 6.14. The van der Waals surface area contributed by atoms with Gasteiger partial charge in [0.15, 0.2) is 0 Å². The minimum atomic E-state index is 0.835. The molecule has 0 fully saturated rings. The van der Waals surface area contributed by atoms with E-state index in [1.807, 2.05) is 18.8 Å². The molecule has 3 heteroatoms. The number of rotatable bonds is 21. The van der Waals surface area contributed by atoms with Crippen LogP contribution in [0.25, 0.3) is 0 Å². The molecule has 0 aliphatic rings. The molecule has 0 unspecified atom stereocenters. The van der Waals surface area contributed by atoms with Crippen LogP contribution >= 0.6 is 11.8 Å². The highest BCUT2D eigenvalue weighted by Gasteiger charge is 1.95. The molecular weight excluding hydrogens is 312 g/mol. The third-order valence-corrected chi connectivity index (χ3v) is 5.83. The average molecular weight is 359 g/mol. The number of thioether (sulfide) groups is 1. The lowest BCUT2D eigenvalue weighted by Crippen LogP contribution is -2.06. The van der Waals surface area contributed by atoms with Gasteiger partial charge in [0.2, 0.25) is 0 Å². The standard InChI is InChI=1S/C21H46N2S/c1-23-19-16-14-12-10-8-6-4-2-3-5-7-9-11-13-15-17-20-24-21-18-22/h23H,2-22H2,1H3. The molecule has 0 saturated carbocycles. The molecule has 0 amide bonds. The lowest BCUT2D eigenvalue weighted by atomic mass is 10.0. The van der Waals surface area contributed by atoms with Crippen molar-refractivity contribution in [3.63, 3.8) is 0 Å². The second kappa shape index (κ2) is 23.3. The molecular formula is C21H46N2S. The summed E-state index contributed by atoms with van der Waals surface area (Å²) in [4.78, 5) is 0. The molecule has 146 valence electrons. The molecule has 0 bridgehead atoms. The van der Waals surface area contributed by atoms with Gasteiger partial charge in [-0.05, 0) is 32.2 Å². The number of unbranched alkanes of at least 4 members (excludes halogenated alkanes) is 15. The average Bonchev–Trinajstić information content (AvgIpc) is 2.60. The number of nitrogens with two attached hydrogens (primary N) is 1. The van der Waals surface area contributed by atoms with E-state index in [1.54, 1.807) is 0 Å². The van der Waals surface area contributed by atoms with Crippen molar-refractivity contribution in [1.82, 2.24) is 5.32 Å². The Morgan fingerprint density at radius 3 is 1.29 bits per heavy atom. The first-order valence-electron chi connectivity index (χ1n) is 10.8. The van der Waals surface area contributed by atoms with Gasteiger partial charge in [-0.1, -0.05) is 89.9 Å². The van der Waals surface area contributed by atoms with Gasteiger partial charge in [0.25, 0.3) is 0 Å². The number of hydrogen-bond acceptors (Lipinski definition) is 3. The van der Waals surface area contributed by atoms with Crippen molar-refractivity contribution < 1.29 is 0 Å². The van der Waals surface area contributed by atoms with Crippen LogP contribution < -0.4 is 11.1 Å². The molecule has 3 N–H and O–H groups in total. The maximum atomic E-state index is 5.49. The van der Waals surface area contributed by atoms with E-state index in [4.69, 9.17) is 5.73 Å².